The summed E-state index contributed by atoms with van der Waals surface area (Å²) in [7, 11) is 1.64. The van der Waals surface area contributed by atoms with Gasteiger partial charge in [-0.15, -0.1) is 0 Å². The van der Waals surface area contributed by atoms with Gasteiger partial charge in [0, 0.05) is 35.8 Å². The summed E-state index contributed by atoms with van der Waals surface area (Å²) >= 11 is 0. The number of ketones is 1. The first-order chi connectivity index (χ1) is 14.9. The van der Waals surface area contributed by atoms with Gasteiger partial charge in [0.2, 0.25) is 5.95 Å². The number of rotatable bonds is 7. The molecule has 0 aliphatic heterocycles. The molecule has 0 bridgehead atoms. The van der Waals surface area contributed by atoms with E-state index in [0.29, 0.717) is 18.8 Å². The fourth-order valence-electron chi connectivity index (χ4n) is 4.06. The minimum atomic E-state index is 0.145. The highest BCUT2D eigenvalue weighted by molar-refractivity contribution is 5.76. The Hall–Kier alpha value is -3.28. The van der Waals surface area contributed by atoms with Crippen LogP contribution in [0.4, 0.5) is 11.6 Å². The molecule has 0 radical (unpaired) electrons. The molecular weight excluding hydrogens is 388 g/mol. The summed E-state index contributed by atoms with van der Waals surface area (Å²) in [6.07, 6.45) is 6.92. The molecular formula is C25H28N4O2. The number of benzene rings is 1. The van der Waals surface area contributed by atoms with Gasteiger partial charge >= 0.3 is 0 Å². The normalized spacial score (nSPS) is 14.2. The van der Waals surface area contributed by atoms with Crippen molar-refractivity contribution in [2.45, 2.75) is 51.9 Å². The minimum Gasteiger partial charge on any atom is -0.496 e. The van der Waals surface area contributed by atoms with Crippen LogP contribution in [0.15, 0.2) is 42.7 Å². The fraction of sp³-hybridized carbons (Fsp3) is 0.360. The van der Waals surface area contributed by atoms with Crippen molar-refractivity contribution in [3.05, 3.63) is 59.5 Å². The van der Waals surface area contributed by atoms with E-state index in [9.17, 15) is 4.79 Å². The van der Waals surface area contributed by atoms with Gasteiger partial charge in [-0.2, -0.15) is 0 Å². The lowest BCUT2D eigenvalue weighted by Gasteiger charge is -2.19. The Morgan fingerprint density at radius 1 is 1.19 bits per heavy atom. The van der Waals surface area contributed by atoms with Crippen molar-refractivity contribution in [1.82, 2.24) is 15.0 Å². The number of pyridine rings is 1. The van der Waals surface area contributed by atoms with Crippen LogP contribution in [0.25, 0.3) is 11.3 Å². The number of aryl methyl sites for hydroxylation is 2. The van der Waals surface area contributed by atoms with Crippen LogP contribution in [0.1, 0.15) is 50.4 Å². The third kappa shape index (κ3) is 4.58. The second-order valence-electron chi connectivity index (χ2n) is 8.72. The first-order valence-electron chi connectivity index (χ1n) is 10.6. The molecule has 1 aliphatic carbocycles. The van der Waals surface area contributed by atoms with E-state index in [1.807, 2.05) is 30.5 Å². The third-order valence-electron chi connectivity index (χ3n) is 5.92. The van der Waals surface area contributed by atoms with Crippen molar-refractivity contribution in [2.24, 2.45) is 0 Å². The Morgan fingerprint density at radius 2 is 2.03 bits per heavy atom. The van der Waals surface area contributed by atoms with Gasteiger partial charge in [-0.1, -0.05) is 13.8 Å². The third-order valence-corrected chi connectivity index (χ3v) is 5.92. The summed E-state index contributed by atoms with van der Waals surface area (Å²) in [5.41, 5.74) is 6.30. The van der Waals surface area contributed by atoms with E-state index in [2.05, 4.69) is 35.2 Å². The molecule has 160 valence electrons. The van der Waals surface area contributed by atoms with Crippen molar-refractivity contribution >= 4 is 17.4 Å². The minimum absolute atomic E-state index is 0.145. The summed E-state index contributed by atoms with van der Waals surface area (Å²) in [5.74, 6) is 1.44. The molecule has 4 rings (SSSR count). The molecule has 0 atom stereocenters. The molecule has 31 heavy (non-hydrogen) atoms. The van der Waals surface area contributed by atoms with Crippen LogP contribution in [-0.4, -0.2) is 27.8 Å². The van der Waals surface area contributed by atoms with Crippen LogP contribution < -0.4 is 10.1 Å². The van der Waals surface area contributed by atoms with Crippen LogP contribution in [0.2, 0.25) is 0 Å². The van der Waals surface area contributed by atoms with Crippen LogP contribution >= 0.6 is 0 Å². The highest BCUT2D eigenvalue weighted by Gasteiger charge is 2.31. The standard InChI is InChI=1S/C25H28N4O2/c1-16(30)5-6-17-13-19(7-8-23(17)31-4)28-24-26-12-10-21(29-24)18-14-20-22(27-15-18)9-11-25(20,2)3/h7-8,10,12-15H,5-6,9,11H2,1-4H3,(H,26,28,29). The van der Waals surface area contributed by atoms with E-state index in [-0.39, 0.29) is 11.2 Å². The molecule has 3 aromatic rings. The lowest BCUT2D eigenvalue weighted by Crippen LogP contribution is -2.12. The molecule has 0 unspecified atom stereocenters. The second kappa shape index (κ2) is 8.46. The second-order valence-corrected chi connectivity index (χ2v) is 8.72. The summed E-state index contributed by atoms with van der Waals surface area (Å²) in [6.45, 7) is 6.14. The number of fused-ring (bicyclic) bond motifs is 1. The molecule has 2 heterocycles. The lowest BCUT2D eigenvalue weighted by atomic mass is 9.86. The van der Waals surface area contributed by atoms with Crippen molar-refractivity contribution in [3.63, 3.8) is 0 Å². The number of ether oxygens (including phenoxy) is 1. The quantitative estimate of drug-likeness (QED) is 0.582. The highest BCUT2D eigenvalue weighted by atomic mass is 16.5. The average molecular weight is 417 g/mol. The number of carbonyl (C=O) groups is 1. The Bertz CT molecular complexity index is 1120. The molecule has 1 aromatic carbocycles. The van der Waals surface area contributed by atoms with Gasteiger partial charge < -0.3 is 14.8 Å². The Kier molecular flexibility index (Phi) is 5.72. The van der Waals surface area contributed by atoms with E-state index in [1.165, 1.54) is 11.3 Å². The molecule has 6 heteroatoms. The molecule has 0 saturated carbocycles. The van der Waals surface area contributed by atoms with Gasteiger partial charge in [-0.05, 0) is 73.1 Å². The van der Waals surface area contributed by atoms with Gasteiger partial charge in [-0.3, -0.25) is 4.98 Å². The van der Waals surface area contributed by atoms with Crippen molar-refractivity contribution in [1.29, 1.82) is 0 Å². The van der Waals surface area contributed by atoms with E-state index >= 15 is 0 Å². The molecule has 0 fully saturated rings. The Balaban J connectivity index is 1.59. The molecule has 0 spiro atoms. The van der Waals surface area contributed by atoms with Crippen LogP contribution in [0.5, 0.6) is 5.75 Å². The van der Waals surface area contributed by atoms with Gasteiger partial charge in [0.15, 0.2) is 0 Å². The van der Waals surface area contributed by atoms with Crippen LogP contribution in [0.3, 0.4) is 0 Å². The zero-order valence-electron chi connectivity index (χ0n) is 18.5. The van der Waals surface area contributed by atoms with Gasteiger partial charge in [0.1, 0.15) is 11.5 Å². The molecule has 0 saturated heterocycles. The number of hydrogen-bond donors (Lipinski definition) is 1. The number of nitrogens with one attached hydrogen (secondary N) is 1. The predicted octanol–water partition coefficient (Wildman–Crippen LogP) is 5.04. The van der Waals surface area contributed by atoms with E-state index in [4.69, 9.17) is 9.72 Å². The van der Waals surface area contributed by atoms with Gasteiger partial charge in [0.25, 0.3) is 0 Å². The van der Waals surface area contributed by atoms with Crippen molar-refractivity contribution < 1.29 is 9.53 Å². The number of aromatic nitrogens is 3. The summed E-state index contributed by atoms with van der Waals surface area (Å²) < 4.78 is 5.44. The number of nitrogens with zero attached hydrogens (tertiary/aromatic N) is 3. The number of hydrogen-bond acceptors (Lipinski definition) is 6. The summed E-state index contributed by atoms with van der Waals surface area (Å²) in [5, 5.41) is 3.28. The topological polar surface area (TPSA) is 77.0 Å². The SMILES string of the molecule is COc1ccc(Nc2nccc(-c3cnc4c(c3)C(C)(C)CC4)n2)cc1CCC(C)=O. The Labute approximate surface area is 183 Å². The first-order valence-corrected chi connectivity index (χ1v) is 10.6. The molecule has 0 amide bonds. The monoisotopic (exact) mass is 416 g/mol. The maximum absolute atomic E-state index is 11.4. The van der Waals surface area contributed by atoms with Gasteiger partial charge in [0.05, 0.1) is 12.8 Å². The van der Waals surface area contributed by atoms with Crippen LogP contribution in [0, 0.1) is 0 Å². The largest absolute Gasteiger partial charge is 0.496 e. The van der Waals surface area contributed by atoms with E-state index in [1.54, 1.807) is 20.2 Å². The fourth-order valence-corrected chi connectivity index (χ4v) is 4.06. The van der Waals surface area contributed by atoms with Gasteiger partial charge in [-0.25, -0.2) is 9.97 Å². The zero-order chi connectivity index (χ0) is 22.0. The van der Waals surface area contributed by atoms with Crippen LogP contribution in [-0.2, 0) is 23.1 Å². The number of Topliss-reactive ketones (excluding diaryl/α,β-unsaturated/α-hetero) is 1. The lowest BCUT2D eigenvalue weighted by molar-refractivity contribution is -0.116. The maximum Gasteiger partial charge on any atom is 0.227 e. The van der Waals surface area contributed by atoms with Crippen molar-refractivity contribution in [3.8, 4) is 17.0 Å². The molecule has 1 aliphatic rings. The highest BCUT2D eigenvalue weighted by Crippen LogP contribution is 2.38. The summed E-state index contributed by atoms with van der Waals surface area (Å²) in [6, 6.07) is 9.93. The average Bonchev–Trinajstić information content (AvgIpc) is 3.06. The first kappa shape index (κ1) is 21.0. The van der Waals surface area contributed by atoms with E-state index in [0.717, 1.165) is 41.1 Å². The summed E-state index contributed by atoms with van der Waals surface area (Å²) in [4.78, 5) is 25.2. The predicted molar refractivity (Wildman–Crippen MR) is 122 cm³/mol. The van der Waals surface area contributed by atoms with Crippen molar-refractivity contribution in [2.75, 3.05) is 12.4 Å². The number of methoxy groups -OCH3 is 1. The number of anilines is 2. The smallest absolute Gasteiger partial charge is 0.227 e. The molecule has 1 N–H and O–H groups in total. The Morgan fingerprint density at radius 3 is 2.81 bits per heavy atom. The maximum atomic E-state index is 11.4. The number of carbonyl (C=O) groups excluding carboxylic acids is 1. The molecule has 6 nitrogen and oxygen atoms in total. The van der Waals surface area contributed by atoms with E-state index < -0.39 is 0 Å². The zero-order valence-corrected chi connectivity index (χ0v) is 18.5. The molecule has 2 aromatic heterocycles.